The Balaban J connectivity index is 1.68. The topological polar surface area (TPSA) is 226 Å². The van der Waals surface area contributed by atoms with Crippen molar-refractivity contribution in [3.05, 3.63) is 108 Å². The number of sulfonamides is 2. The van der Waals surface area contributed by atoms with Gasteiger partial charge in [-0.1, -0.05) is 69.7 Å². The molecule has 18 heteroatoms. The van der Waals surface area contributed by atoms with Crippen LogP contribution in [0.1, 0.15) is 11.1 Å². The maximum absolute atomic E-state index is 12.4. The lowest BCUT2D eigenvalue weighted by molar-refractivity contribution is 0.480. The highest BCUT2D eigenvalue weighted by molar-refractivity contribution is 7.90. The maximum Gasteiger partial charge on any atom is 0.299 e. The fraction of sp³-hybridized carbons (Fsp3) is 0. The van der Waals surface area contributed by atoms with Gasteiger partial charge in [-0.15, -0.1) is 10.2 Å². The molecule has 0 amide bonds. The Kier molecular flexibility index (Phi) is 9.33. The molecule has 4 rings (SSSR count). The highest BCUT2D eigenvalue weighted by atomic mass is 32.2. The zero-order valence-corrected chi connectivity index (χ0v) is 25.2. The highest BCUT2D eigenvalue weighted by Gasteiger charge is 2.19. The lowest BCUT2D eigenvalue weighted by Gasteiger charge is -2.06. The Morgan fingerprint density at radius 1 is 0.477 bits per heavy atom. The van der Waals surface area contributed by atoms with E-state index < -0.39 is 50.1 Å². The SMILES string of the molecule is O=S(=O)(O)c1cc(N=NS(=O)(=O)c2ccccc2)ccc1C=Cc1ccc(N=NS(=O)(=O)c2ccccc2)cc1S(=O)(=O)O. The molecule has 0 atom stereocenters. The van der Waals surface area contributed by atoms with Gasteiger partial charge in [-0.05, 0) is 59.7 Å². The fourth-order valence-corrected chi connectivity index (χ4v) is 6.55. The van der Waals surface area contributed by atoms with Crippen LogP contribution in [0.3, 0.4) is 0 Å². The molecule has 0 aromatic heterocycles. The van der Waals surface area contributed by atoms with Gasteiger partial charge in [-0.3, -0.25) is 9.11 Å². The van der Waals surface area contributed by atoms with Crippen LogP contribution in [0.15, 0.2) is 136 Å². The second-order valence-corrected chi connectivity index (χ2v) is 14.6. The molecule has 2 N–H and O–H groups in total. The van der Waals surface area contributed by atoms with Crippen LogP contribution < -0.4 is 0 Å². The second kappa shape index (κ2) is 12.6. The monoisotopic (exact) mass is 676 g/mol. The van der Waals surface area contributed by atoms with Gasteiger partial charge in [-0.2, -0.15) is 33.7 Å². The summed E-state index contributed by atoms with van der Waals surface area (Å²) in [4.78, 5) is -1.74. The van der Waals surface area contributed by atoms with Crippen molar-refractivity contribution in [2.24, 2.45) is 19.3 Å². The van der Waals surface area contributed by atoms with Gasteiger partial charge >= 0.3 is 0 Å². The predicted molar refractivity (Wildman–Crippen MR) is 158 cm³/mol. The number of benzene rings is 4. The van der Waals surface area contributed by atoms with Crippen molar-refractivity contribution in [3.63, 3.8) is 0 Å². The van der Waals surface area contributed by atoms with E-state index in [9.17, 15) is 42.8 Å². The number of hydrogen-bond acceptors (Lipinski definition) is 10. The molecule has 4 aromatic carbocycles. The minimum Gasteiger partial charge on any atom is -0.282 e. The Morgan fingerprint density at radius 3 is 1.14 bits per heavy atom. The van der Waals surface area contributed by atoms with Crippen LogP contribution in [0, 0.1) is 0 Å². The van der Waals surface area contributed by atoms with E-state index in [0.29, 0.717) is 0 Å². The van der Waals surface area contributed by atoms with E-state index in [2.05, 4.69) is 19.3 Å². The Bertz CT molecular complexity index is 2080. The van der Waals surface area contributed by atoms with Crippen LogP contribution in [-0.4, -0.2) is 42.8 Å². The van der Waals surface area contributed by atoms with E-state index in [1.54, 1.807) is 12.1 Å². The number of rotatable bonds is 10. The summed E-state index contributed by atoms with van der Waals surface area (Å²) in [5, 5.41) is 7.12. The Hall–Kier alpha value is -4.46. The fourth-order valence-electron chi connectivity index (χ4n) is 3.55. The molecule has 0 unspecified atom stereocenters. The van der Waals surface area contributed by atoms with Crippen LogP contribution in [0.25, 0.3) is 12.2 Å². The quantitative estimate of drug-likeness (QED) is 0.125. The molecule has 44 heavy (non-hydrogen) atoms. The van der Waals surface area contributed by atoms with Crippen LogP contribution >= 0.6 is 0 Å². The second-order valence-electron chi connectivity index (χ2n) is 8.67. The normalized spacial score (nSPS) is 13.2. The van der Waals surface area contributed by atoms with Crippen LogP contribution in [0.2, 0.25) is 0 Å². The van der Waals surface area contributed by atoms with Crippen molar-refractivity contribution in [1.29, 1.82) is 0 Å². The predicted octanol–water partition coefficient (Wildman–Crippen LogP) is 5.30. The zero-order valence-electron chi connectivity index (χ0n) is 22.0. The van der Waals surface area contributed by atoms with E-state index in [1.807, 2.05) is 0 Å². The molecule has 0 aliphatic rings. The van der Waals surface area contributed by atoms with Gasteiger partial charge in [0.25, 0.3) is 40.3 Å². The lowest BCUT2D eigenvalue weighted by atomic mass is 10.1. The summed E-state index contributed by atoms with van der Waals surface area (Å²) in [5.74, 6) is 0. The van der Waals surface area contributed by atoms with Crippen molar-refractivity contribution in [2.45, 2.75) is 19.6 Å². The highest BCUT2D eigenvalue weighted by Crippen LogP contribution is 2.29. The van der Waals surface area contributed by atoms with Gasteiger partial charge < -0.3 is 0 Å². The van der Waals surface area contributed by atoms with Crippen LogP contribution in [0.5, 0.6) is 0 Å². The minimum atomic E-state index is -4.91. The molecule has 0 fully saturated rings. The summed E-state index contributed by atoms with van der Waals surface area (Å²) in [6.07, 6.45) is 2.19. The molecule has 0 spiro atoms. The zero-order chi connectivity index (χ0) is 32.2. The molecular weight excluding hydrogens is 657 g/mol. The average Bonchev–Trinajstić information content (AvgIpc) is 2.98. The van der Waals surface area contributed by atoms with Gasteiger partial charge in [0.15, 0.2) is 0 Å². The van der Waals surface area contributed by atoms with Gasteiger partial charge in [0.2, 0.25) is 0 Å². The van der Waals surface area contributed by atoms with E-state index in [4.69, 9.17) is 0 Å². The summed E-state index contributed by atoms with van der Waals surface area (Å²) in [6, 6.07) is 20.6. The van der Waals surface area contributed by atoms with Crippen molar-refractivity contribution in [1.82, 2.24) is 0 Å². The van der Waals surface area contributed by atoms with Crippen molar-refractivity contribution in [3.8, 4) is 0 Å². The smallest absolute Gasteiger partial charge is 0.282 e. The van der Waals surface area contributed by atoms with Gasteiger partial charge in [0.1, 0.15) is 9.79 Å². The average molecular weight is 677 g/mol. The molecule has 0 saturated carbocycles. The summed E-state index contributed by atoms with van der Waals surface area (Å²) in [7, 11) is -18.2. The summed E-state index contributed by atoms with van der Waals surface area (Å²) in [6.45, 7) is 0. The number of nitrogens with zero attached hydrogens (tertiary/aromatic N) is 4. The molecule has 0 radical (unpaired) electrons. The van der Waals surface area contributed by atoms with Gasteiger partial charge in [-0.25, -0.2) is 0 Å². The summed E-state index contributed by atoms with van der Waals surface area (Å²) >= 11 is 0. The largest absolute Gasteiger partial charge is 0.299 e. The van der Waals surface area contributed by atoms with E-state index in [1.165, 1.54) is 60.7 Å². The first-order valence-electron chi connectivity index (χ1n) is 11.9. The first-order valence-corrected chi connectivity index (χ1v) is 17.7. The third kappa shape index (κ3) is 8.13. The third-order valence-corrected chi connectivity index (χ3v) is 9.75. The number of hydrogen-bond donors (Lipinski definition) is 2. The summed E-state index contributed by atoms with van der Waals surface area (Å²) in [5.41, 5.74) is -0.825. The first-order chi connectivity index (χ1) is 20.6. The Labute approximate surface area is 252 Å². The molecule has 4 aromatic rings. The van der Waals surface area contributed by atoms with Crippen LogP contribution in [-0.2, 0) is 40.3 Å². The Morgan fingerprint density at radius 2 is 0.818 bits per heavy atom. The van der Waals surface area contributed by atoms with Gasteiger partial charge in [0.05, 0.1) is 21.2 Å². The molecular formula is C26H20N4O10S4. The molecule has 0 saturated heterocycles. The molecule has 0 bridgehead atoms. The van der Waals surface area contributed by atoms with E-state index in [-0.39, 0.29) is 32.3 Å². The molecule has 228 valence electrons. The molecule has 0 aliphatic heterocycles. The summed E-state index contributed by atoms with van der Waals surface area (Å²) < 4.78 is 124. The molecule has 0 heterocycles. The lowest BCUT2D eigenvalue weighted by Crippen LogP contribution is -2.02. The molecule has 0 aliphatic carbocycles. The third-order valence-electron chi connectivity index (χ3n) is 5.60. The van der Waals surface area contributed by atoms with E-state index in [0.717, 1.165) is 36.4 Å². The van der Waals surface area contributed by atoms with Gasteiger partial charge in [0, 0.05) is 0 Å². The van der Waals surface area contributed by atoms with Crippen molar-refractivity contribution < 1.29 is 42.8 Å². The van der Waals surface area contributed by atoms with Crippen molar-refractivity contribution in [2.75, 3.05) is 0 Å². The maximum atomic E-state index is 12.4. The minimum absolute atomic E-state index is 0.154. The molecule has 14 nitrogen and oxygen atoms in total. The van der Waals surface area contributed by atoms with Crippen LogP contribution in [0.4, 0.5) is 11.4 Å². The van der Waals surface area contributed by atoms with E-state index >= 15 is 0 Å². The van der Waals surface area contributed by atoms with Crippen molar-refractivity contribution >= 4 is 63.8 Å². The first kappa shape index (κ1) is 32.5. The standard InChI is InChI=1S/C26H20N4O10S4/c31-41(32,23-7-3-1-4-8-23)29-27-21-15-13-19(25(17-21)43(35,36)37)11-12-20-14-16-22(18-26(20)44(38,39)40)28-30-42(33,34)24-9-5-2-6-10-24/h1-18H,(H,35,36,37)(H,38,39,40).